The minimum atomic E-state index is -0.591. The molecular weight excluding hydrogens is 219 g/mol. The Morgan fingerprint density at radius 3 is 3.00 bits per heavy atom. The van der Waals surface area contributed by atoms with Crippen LogP contribution in [-0.4, -0.2) is 12.5 Å². The van der Waals surface area contributed by atoms with E-state index in [9.17, 15) is 9.18 Å². The van der Waals surface area contributed by atoms with E-state index in [-0.39, 0.29) is 23.6 Å². The molecule has 1 aromatic rings. The molecule has 1 N–H and O–H groups in total. The number of rotatable bonds is 3. The number of hydrogen-bond acceptors (Lipinski definition) is 2. The van der Waals surface area contributed by atoms with Crippen LogP contribution >= 0.6 is 11.6 Å². The zero-order valence-corrected chi connectivity index (χ0v) is 8.51. The molecule has 0 aliphatic rings. The average molecular weight is 227 g/mol. The molecular formula is C10H8ClFN2O. The van der Waals surface area contributed by atoms with E-state index in [1.165, 1.54) is 12.1 Å². The van der Waals surface area contributed by atoms with Crippen LogP contribution in [0.3, 0.4) is 0 Å². The fraction of sp³-hybridized carbons (Fsp3) is 0.200. The Labute approximate surface area is 91.5 Å². The zero-order chi connectivity index (χ0) is 11.3. The lowest BCUT2D eigenvalue weighted by molar-refractivity contribution is -0.120. The SMILES string of the molecule is N#CCNC(=O)Cc1cccc(Cl)c1F. The maximum atomic E-state index is 13.3. The van der Waals surface area contributed by atoms with E-state index in [2.05, 4.69) is 5.32 Å². The molecule has 0 radical (unpaired) electrons. The third-order valence-electron chi connectivity index (χ3n) is 1.75. The van der Waals surface area contributed by atoms with Crippen molar-refractivity contribution in [3.05, 3.63) is 34.6 Å². The van der Waals surface area contributed by atoms with Crippen LogP contribution in [0.2, 0.25) is 5.02 Å². The van der Waals surface area contributed by atoms with Crippen LogP contribution in [0.5, 0.6) is 0 Å². The largest absolute Gasteiger partial charge is 0.343 e. The molecule has 5 heteroatoms. The molecule has 0 atom stereocenters. The molecule has 78 valence electrons. The van der Waals surface area contributed by atoms with Gasteiger partial charge in [-0.2, -0.15) is 5.26 Å². The Morgan fingerprint density at radius 2 is 2.33 bits per heavy atom. The number of carbonyl (C=O) groups is 1. The summed E-state index contributed by atoms with van der Waals surface area (Å²) in [5, 5.41) is 10.5. The minimum Gasteiger partial charge on any atom is -0.343 e. The van der Waals surface area contributed by atoms with Crippen LogP contribution in [0.4, 0.5) is 4.39 Å². The van der Waals surface area contributed by atoms with Gasteiger partial charge in [0, 0.05) is 0 Å². The summed E-state index contributed by atoms with van der Waals surface area (Å²) in [6.45, 7) is -0.0823. The van der Waals surface area contributed by atoms with Crippen LogP contribution in [0.25, 0.3) is 0 Å². The average Bonchev–Trinajstić information content (AvgIpc) is 2.22. The monoisotopic (exact) mass is 226 g/mol. The van der Waals surface area contributed by atoms with Gasteiger partial charge in [0.1, 0.15) is 12.4 Å². The van der Waals surface area contributed by atoms with Gasteiger partial charge in [0.25, 0.3) is 0 Å². The highest BCUT2D eigenvalue weighted by Gasteiger charge is 2.09. The van der Waals surface area contributed by atoms with Gasteiger partial charge in [-0.25, -0.2) is 4.39 Å². The molecule has 0 unspecified atom stereocenters. The van der Waals surface area contributed by atoms with Crippen molar-refractivity contribution >= 4 is 17.5 Å². The number of hydrogen-bond donors (Lipinski definition) is 1. The van der Waals surface area contributed by atoms with Crippen molar-refractivity contribution in [3.8, 4) is 6.07 Å². The maximum Gasteiger partial charge on any atom is 0.225 e. The summed E-state index contributed by atoms with van der Waals surface area (Å²) in [7, 11) is 0. The topological polar surface area (TPSA) is 52.9 Å². The first-order valence-electron chi connectivity index (χ1n) is 4.21. The number of nitrogens with zero attached hydrogens (tertiary/aromatic N) is 1. The molecule has 0 aromatic heterocycles. The van der Waals surface area contributed by atoms with E-state index in [0.717, 1.165) is 0 Å². The first kappa shape index (κ1) is 11.5. The van der Waals surface area contributed by atoms with Crippen molar-refractivity contribution in [2.75, 3.05) is 6.54 Å². The fourth-order valence-electron chi connectivity index (χ4n) is 1.06. The lowest BCUT2D eigenvalue weighted by Gasteiger charge is -2.03. The van der Waals surface area contributed by atoms with Gasteiger partial charge in [0.05, 0.1) is 17.5 Å². The molecule has 0 bridgehead atoms. The predicted molar refractivity (Wildman–Crippen MR) is 53.7 cm³/mol. The van der Waals surface area contributed by atoms with E-state index in [1.807, 2.05) is 0 Å². The fourth-order valence-corrected chi connectivity index (χ4v) is 1.25. The summed E-state index contributed by atoms with van der Waals surface area (Å²) in [6, 6.07) is 6.22. The molecule has 0 aliphatic carbocycles. The standard InChI is InChI=1S/C10H8ClFN2O/c11-8-3-1-2-7(10(8)12)6-9(15)14-5-4-13/h1-3H,5-6H2,(H,14,15). The highest BCUT2D eigenvalue weighted by molar-refractivity contribution is 6.30. The van der Waals surface area contributed by atoms with Crippen molar-refractivity contribution < 1.29 is 9.18 Å². The van der Waals surface area contributed by atoms with Crippen molar-refractivity contribution in [1.82, 2.24) is 5.32 Å². The smallest absolute Gasteiger partial charge is 0.225 e. The van der Waals surface area contributed by atoms with E-state index in [4.69, 9.17) is 16.9 Å². The first-order chi connectivity index (χ1) is 7.15. The Bertz CT molecular complexity index is 414. The quantitative estimate of drug-likeness (QED) is 0.797. The van der Waals surface area contributed by atoms with Gasteiger partial charge in [-0.3, -0.25) is 4.79 Å². The van der Waals surface area contributed by atoms with Gasteiger partial charge in [-0.1, -0.05) is 23.7 Å². The Kier molecular flexibility index (Phi) is 4.07. The number of carbonyl (C=O) groups excluding carboxylic acids is 1. The van der Waals surface area contributed by atoms with Gasteiger partial charge in [-0.05, 0) is 11.6 Å². The third kappa shape index (κ3) is 3.22. The van der Waals surface area contributed by atoms with Crippen LogP contribution in [0.1, 0.15) is 5.56 Å². The van der Waals surface area contributed by atoms with E-state index >= 15 is 0 Å². The van der Waals surface area contributed by atoms with Gasteiger partial charge in [0.15, 0.2) is 0 Å². The summed E-state index contributed by atoms with van der Waals surface area (Å²) in [4.78, 5) is 11.2. The van der Waals surface area contributed by atoms with Crippen LogP contribution in [-0.2, 0) is 11.2 Å². The molecule has 0 saturated carbocycles. The number of nitriles is 1. The zero-order valence-electron chi connectivity index (χ0n) is 7.76. The predicted octanol–water partition coefficient (Wildman–Crippen LogP) is 1.66. The lowest BCUT2D eigenvalue weighted by atomic mass is 10.1. The van der Waals surface area contributed by atoms with Crippen LogP contribution in [0.15, 0.2) is 18.2 Å². The molecule has 1 aromatic carbocycles. The van der Waals surface area contributed by atoms with Crippen molar-refractivity contribution in [3.63, 3.8) is 0 Å². The minimum absolute atomic E-state index is 0.0133. The number of benzene rings is 1. The third-order valence-corrected chi connectivity index (χ3v) is 2.04. The second kappa shape index (κ2) is 5.32. The molecule has 0 fully saturated rings. The lowest BCUT2D eigenvalue weighted by Crippen LogP contribution is -2.25. The number of halogens is 2. The molecule has 0 aliphatic heterocycles. The van der Waals surface area contributed by atoms with E-state index in [0.29, 0.717) is 0 Å². The van der Waals surface area contributed by atoms with E-state index < -0.39 is 11.7 Å². The summed E-state index contributed by atoms with van der Waals surface area (Å²) >= 11 is 5.54. The van der Waals surface area contributed by atoms with Crippen LogP contribution in [0, 0.1) is 17.1 Å². The van der Waals surface area contributed by atoms with Crippen molar-refractivity contribution in [1.29, 1.82) is 5.26 Å². The first-order valence-corrected chi connectivity index (χ1v) is 4.59. The van der Waals surface area contributed by atoms with Gasteiger partial charge in [0.2, 0.25) is 5.91 Å². The number of nitrogens with one attached hydrogen (secondary N) is 1. The van der Waals surface area contributed by atoms with Gasteiger partial charge in [-0.15, -0.1) is 0 Å². The summed E-state index contributed by atoms with van der Waals surface area (Å²) in [5.74, 6) is -0.996. The Balaban J connectivity index is 2.69. The van der Waals surface area contributed by atoms with Gasteiger partial charge < -0.3 is 5.32 Å². The highest BCUT2D eigenvalue weighted by Crippen LogP contribution is 2.17. The summed E-state index contributed by atoms with van der Waals surface area (Å²) < 4.78 is 13.3. The summed E-state index contributed by atoms with van der Waals surface area (Å²) in [5.41, 5.74) is 0.220. The summed E-state index contributed by atoms with van der Waals surface area (Å²) in [6.07, 6.45) is -0.117. The van der Waals surface area contributed by atoms with Crippen molar-refractivity contribution in [2.24, 2.45) is 0 Å². The van der Waals surface area contributed by atoms with Crippen molar-refractivity contribution in [2.45, 2.75) is 6.42 Å². The molecule has 0 heterocycles. The van der Waals surface area contributed by atoms with Crippen LogP contribution < -0.4 is 5.32 Å². The normalized spacial score (nSPS) is 9.40. The number of amides is 1. The molecule has 0 spiro atoms. The second-order valence-electron chi connectivity index (χ2n) is 2.82. The van der Waals surface area contributed by atoms with Gasteiger partial charge >= 0.3 is 0 Å². The van der Waals surface area contributed by atoms with E-state index in [1.54, 1.807) is 12.1 Å². The second-order valence-corrected chi connectivity index (χ2v) is 3.23. The molecule has 1 rings (SSSR count). The molecule has 3 nitrogen and oxygen atoms in total. The Morgan fingerprint density at radius 1 is 1.60 bits per heavy atom. The molecule has 1 amide bonds. The molecule has 0 saturated heterocycles. The molecule has 15 heavy (non-hydrogen) atoms. The maximum absolute atomic E-state index is 13.3. The highest BCUT2D eigenvalue weighted by atomic mass is 35.5. The Hall–Kier alpha value is -1.60.